The van der Waals surface area contributed by atoms with Crippen LogP contribution in [0.5, 0.6) is 0 Å². The summed E-state index contributed by atoms with van der Waals surface area (Å²) in [4.78, 5) is 2.36. The molecule has 0 radical (unpaired) electrons. The number of benzene rings is 1. The number of furan rings is 1. The van der Waals surface area contributed by atoms with Crippen LogP contribution in [-0.4, -0.2) is 24.5 Å². The first-order chi connectivity index (χ1) is 9.61. The molecule has 0 amide bonds. The molecular weight excluding hydrogens is 248 g/mol. The van der Waals surface area contributed by atoms with Gasteiger partial charge in [-0.05, 0) is 26.1 Å². The van der Waals surface area contributed by atoms with Crippen molar-refractivity contribution >= 4 is 11.0 Å². The van der Waals surface area contributed by atoms with Gasteiger partial charge in [0.15, 0.2) is 0 Å². The van der Waals surface area contributed by atoms with E-state index in [1.54, 1.807) is 0 Å². The highest BCUT2D eigenvalue weighted by atomic mass is 16.3. The van der Waals surface area contributed by atoms with Crippen LogP contribution in [0.1, 0.15) is 38.5 Å². The fraction of sp³-hybridized carbons (Fsp3) is 0.529. The molecular formula is C17H26N2O. The van der Waals surface area contributed by atoms with Crippen LogP contribution in [0.2, 0.25) is 0 Å². The minimum absolute atomic E-state index is 0.462. The predicted octanol–water partition coefficient (Wildman–Crippen LogP) is 3.77. The molecule has 1 aromatic carbocycles. The van der Waals surface area contributed by atoms with Gasteiger partial charge in [0.1, 0.15) is 11.3 Å². The van der Waals surface area contributed by atoms with Crippen LogP contribution in [0.3, 0.4) is 0 Å². The maximum Gasteiger partial charge on any atom is 0.134 e. The number of para-hydroxylation sites is 1. The Labute approximate surface area is 122 Å². The number of rotatable bonds is 7. The third-order valence-corrected chi connectivity index (χ3v) is 3.49. The first-order valence-corrected chi connectivity index (χ1v) is 7.53. The quantitative estimate of drug-likeness (QED) is 0.833. The van der Waals surface area contributed by atoms with Gasteiger partial charge in [0.25, 0.3) is 0 Å². The normalized spacial score (nSPS) is 11.9. The van der Waals surface area contributed by atoms with E-state index in [4.69, 9.17) is 4.42 Å². The van der Waals surface area contributed by atoms with Crippen LogP contribution in [-0.2, 0) is 13.1 Å². The van der Waals surface area contributed by atoms with Crippen molar-refractivity contribution in [3.8, 4) is 0 Å². The van der Waals surface area contributed by atoms with Gasteiger partial charge in [-0.1, -0.05) is 39.0 Å². The number of nitrogens with one attached hydrogen (secondary N) is 1. The minimum Gasteiger partial charge on any atom is -0.459 e. The molecule has 0 aliphatic carbocycles. The van der Waals surface area contributed by atoms with E-state index in [1.807, 2.05) is 6.07 Å². The summed E-state index contributed by atoms with van der Waals surface area (Å²) in [6.07, 6.45) is 1.17. The lowest BCUT2D eigenvalue weighted by molar-refractivity contribution is 0.324. The van der Waals surface area contributed by atoms with Crippen molar-refractivity contribution in [1.82, 2.24) is 10.2 Å². The molecule has 0 spiro atoms. The molecule has 20 heavy (non-hydrogen) atoms. The Hall–Kier alpha value is -1.32. The summed E-state index contributed by atoms with van der Waals surface area (Å²) in [5.41, 5.74) is 2.32. The van der Waals surface area contributed by atoms with Crippen LogP contribution in [0.25, 0.3) is 11.0 Å². The van der Waals surface area contributed by atoms with Gasteiger partial charge in [0.2, 0.25) is 0 Å². The lowest BCUT2D eigenvalue weighted by Crippen LogP contribution is -2.23. The van der Waals surface area contributed by atoms with Crippen molar-refractivity contribution in [2.75, 3.05) is 13.6 Å². The highest BCUT2D eigenvalue weighted by Crippen LogP contribution is 2.27. The molecule has 1 N–H and O–H groups in total. The minimum atomic E-state index is 0.462. The highest BCUT2D eigenvalue weighted by Gasteiger charge is 2.15. The number of nitrogens with zero attached hydrogens (tertiary/aromatic N) is 1. The van der Waals surface area contributed by atoms with Crippen molar-refractivity contribution in [1.29, 1.82) is 0 Å². The standard InChI is InChI=1S/C17H26N2O/c1-5-10-19(4)12-15-14-8-6-7-9-16(14)20-17(15)11-18-13(2)3/h6-9,13,18H,5,10-12H2,1-4H3. The SMILES string of the molecule is CCCN(C)Cc1c(CNC(C)C)oc2ccccc12. The molecule has 3 nitrogen and oxygen atoms in total. The van der Waals surface area contributed by atoms with E-state index in [0.29, 0.717) is 6.04 Å². The van der Waals surface area contributed by atoms with Crippen LogP contribution >= 0.6 is 0 Å². The van der Waals surface area contributed by atoms with Crippen molar-refractivity contribution < 1.29 is 4.42 Å². The van der Waals surface area contributed by atoms with E-state index in [-0.39, 0.29) is 0 Å². The third-order valence-electron chi connectivity index (χ3n) is 3.49. The van der Waals surface area contributed by atoms with Gasteiger partial charge in [-0.15, -0.1) is 0 Å². The van der Waals surface area contributed by atoms with Crippen LogP contribution in [0.15, 0.2) is 28.7 Å². The van der Waals surface area contributed by atoms with Gasteiger partial charge in [0, 0.05) is 23.5 Å². The summed E-state index contributed by atoms with van der Waals surface area (Å²) >= 11 is 0. The van der Waals surface area contributed by atoms with Crippen molar-refractivity contribution in [2.45, 2.75) is 46.3 Å². The van der Waals surface area contributed by atoms with Gasteiger partial charge in [-0.3, -0.25) is 0 Å². The molecule has 1 aromatic heterocycles. The van der Waals surface area contributed by atoms with E-state index >= 15 is 0 Å². The molecule has 0 atom stereocenters. The van der Waals surface area contributed by atoms with Crippen molar-refractivity contribution in [3.63, 3.8) is 0 Å². The Kier molecular flexibility index (Phi) is 5.21. The topological polar surface area (TPSA) is 28.4 Å². The van der Waals surface area contributed by atoms with Gasteiger partial charge < -0.3 is 14.6 Å². The molecule has 110 valence electrons. The number of hydrogen-bond acceptors (Lipinski definition) is 3. The first kappa shape index (κ1) is 15.1. The molecule has 0 aliphatic heterocycles. The van der Waals surface area contributed by atoms with E-state index in [1.165, 1.54) is 17.4 Å². The highest BCUT2D eigenvalue weighted by molar-refractivity contribution is 5.82. The molecule has 0 bridgehead atoms. The average molecular weight is 274 g/mol. The summed E-state index contributed by atoms with van der Waals surface area (Å²) in [5.74, 6) is 1.07. The predicted molar refractivity (Wildman–Crippen MR) is 84.8 cm³/mol. The monoisotopic (exact) mass is 274 g/mol. The van der Waals surface area contributed by atoms with Crippen LogP contribution in [0.4, 0.5) is 0 Å². The van der Waals surface area contributed by atoms with Crippen LogP contribution in [0, 0.1) is 0 Å². The summed E-state index contributed by atoms with van der Waals surface area (Å²) < 4.78 is 6.04. The summed E-state index contributed by atoms with van der Waals surface area (Å²) in [5, 5.41) is 4.70. The van der Waals surface area contributed by atoms with E-state index in [9.17, 15) is 0 Å². The Morgan fingerprint density at radius 1 is 1.25 bits per heavy atom. The Morgan fingerprint density at radius 3 is 2.70 bits per heavy atom. The molecule has 0 aliphatic rings. The van der Waals surface area contributed by atoms with Gasteiger partial charge in [-0.2, -0.15) is 0 Å². The van der Waals surface area contributed by atoms with Crippen molar-refractivity contribution in [2.24, 2.45) is 0 Å². The second-order valence-electron chi connectivity index (χ2n) is 5.77. The zero-order chi connectivity index (χ0) is 14.5. The fourth-order valence-corrected chi connectivity index (χ4v) is 2.49. The second-order valence-corrected chi connectivity index (χ2v) is 5.77. The second kappa shape index (κ2) is 6.91. The molecule has 0 unspecified atom stereocenters. The Morgan fingerprint density at radius 2 is 2.00 bits per heavy atom. The number of fused-ring (bicyclic) bond motifs is 1. The van der Waals surface area contributed by atoms with E-state index in [0.717, 1.165) is 31.0 Å². The molecule has 0 saturated carbocycles. The lowest BCUT2D eigenvalue weighted by Gasteiger charge is -2.16. The molecule has 0 fully saturated rings. The van der Waals surface area contributed by atoms with Gasteiger partial charge in [0.05, 0.1) is 6.54 Å². The molecule has 1 heterocycles. The Bertz CT molecular complexity index is 545. The van der Waals surface area contributed by atoms with E-state index in [2.05, 4.69) is 56.2 Å². The molecule has 2 rings (SSSR count). The lowest BCUT2D eigenvalue weighted by atomic mass is 10.1. The maximum absolute atomic E-state index is 6.04. The van der Waals surface area contributed by atoms with Gasteiger partial charge in [-0.25, -0.2) is 0 Å². The molecule has 3 heteroatoms. The molecule has 0 saturated heterocycles. The maximum atomic E-state index is 6.04. The zero-order valence-corrected chi connectivity index (χ0v) is 13.1. The fourth-order valence-electron chi connectivity index (χ4n) is 2.49. The summed E-state index contributed by atoms with van der Waals surface area (Å²) in [7, 11) is 2.17. The Balaban J connectivity index is 2.29. The van der Waals surface area contributed by atoms with Crippen molar-refractivity contribution in [3.05, 3.63) is 35.6 Å². The van der Waals surface area contributed by atoms with Crippen LogP contribution < -0.4 is 5.32 Å². The largest absolute Gasteiger partial charge is 0.459 e. The summed E-state index contributed by atoms with van der Waals surface area (Å²) in [6, 6.07) is 8.79. The number of hydrogen-bond donors (Lipinski definition) is 1. The zero-order valence-electron chi connectivity index (χ0n) is 13.1. The third kappa shape index (κ3) is 3.62. The average Bonchev–Trinajstić information content (AvgIpc) is 2.75. The van der Waals surface area contributed by atoms with Gasteiger partial charge >= 0.3 is 0 Å². The first-order valence-electron chi connectivity index (χ1n) is 7.53. The summed E-state index contributed by atoms with van der Waals surface area (Å²) in [6.45, 7) is 9.38. The molecule has 2 aromatic rings. The smallest absolute Gasteiger partial charge is 0.134 e. The van der Waals surface area contributed by atoms with E-state index < -0.39 is 0 Å².